The van der Waals surface area contributed by atoms with Crippen LogP contribution in [0.2, 0.25) is 0 Å². The minimum atomic E-state index is -0.592. The molecule has 0 spiro atoms. The molecule has 5 heteroatoms. The molecule has 0 radical (unpaired) electrons. The molecular weight excluding hydrogens is 318 g/mol. The van der Waals surface area contributed by atoms with Gasteiger partial charge in [0.2, 0.25) is 0 Å². The zero-order valence-electron chi connectivity index (χ0n) is 15.0. The summed E-state index contributed by atoms with van der Waals surface area (Å²) in [6.07, 6.45) is 0. The molecule has 5 nitrogen and oxygen atoms in total. The molecule has 0 unspecified atom stereocenters. The Hall–Kier alpha value is -2.82. The lowest BCUT2D eigenvalue weighted by Crippen LogP contribution is -2.21. The van der Waals surface area contributed by atoms with Gasteiger partial charge in [-0.25, -0.2) is 4.79 Å². The van der Waals surface area contributed by atoms with Crippen LogP contribution in [0.5, 0.6) is 5.75 Å². The van der Waals surface area contributed by atoms with Gasteiger partial charge >= 0.3 is 5.97 Å². The number of hydrogen-bond donors (Lipinski definition) is 1. The standard InChI is InChI=1S/C20H23NO4/c1-13(2)15-6-8-16(9-7-15)21-19(22)12-25-20(23)17-11-14(3)5-10-18(17)24-4/h5-11,13H,12H2,1-4H3,(H,21,22). The zero-order valence-corrected chi connectivity index (χ0v) is 15.0. The van der Waals surface area contributed by atoms with E-state index in [-0.39, 0.29) is 6.61 Å². The maximum atomic E-state index is 12.2. The number of benzene rings is 2. The lowest BCUT2D eigenvalue weighted by molar-refractivity contribution is -0.119. The molecule has 0 atom stereocenters. The second kappa shape index (κ2) is 8.33. The molecule has 132 valence electrons. The quantitative estimate of drug-likeness (QED) is 0.809. The number of anilines is 1. The number of rotatable bonds is 6. The van der Waals surface area contributed by atoms with Crippen LogP contribution >= 0.6 is 0 Å². The first-order valence-electron chi connectivity index (χ1n) is 8.12. The second-order valence-corrected chi connectivity index (χ2v) is 6.10. The Balaban J connectivity index is 1.93. The van der Waals surface area contributed by atoms with Crippen LogP contribution < -0.4 is 10.1 Å². The van der Waals surface area contributed by atoms with Crippen molar-refractivity contribution in [2.75, 3.05) is 19.0 Å². The van der Waals surface area contributed by atoms with E-state index in [0.29, 0.717) is 22.9 Å². The van der Waals surface area contributed by atoms with Crippen molar-refractivity contribution in [1.29, 1.82) is 0 Å². The Morgan fingerprint density at radius 2 is 1.76 bits per heavy atom. The molecule has 0 heterocycles. The van der Waals surface area contributed by atoms with Gasteiger partial charge in [-0.1, -0.05) is 37.6 Å². The van der Waals surface area contributed by atoms with Crippen LogP contribution in [0.25, 0.3) is 0 Å². The van der Waals surface area contributed by atoms with Gasteiger partial charge in [0.25, 0.3) is 5.91 Å². The van der Waals surface area contributed by atoms with Crippen LogP contribution in [0.4, 0.5) is 5.69 Å². The highest BCUT2D eigenvalue weighted by atomic mass is 16.5. The Morgan fingerprint density at radius 1 is 1.08 bits per heavy atom. The number of carbonyl (C=O) groups is 2. The highest BCUT2D eigenvalue weighted by molar-refractivity contribution is 5.96. The number of aryl methyl sites for hydroxylation is 1. The number of hydrogen-bond acceptors (Lipinski definition) is 4. The van der Waals surface area contributed by atoms with Gasteiger partial charge in [0, 0.05) is 5.69 Å². The molecule has 2 aromatic carbocycles. The third-order valence-electron chi connectivity index (χ3n) is 3.77. The molecule has 0 aromatic heterocycles. The fraction of sp³-hybridized carbons (Fsp3) is 0.300. The smallest absolute Gasteiger partial charge is 0.342 e. The molecule has 0 fully saturated rings. The van der Waals surface area contributed by atoms with Crippen LogP contribution in [0.1, 0.15) is 41.3 Å². The van der Waals surface area contributed by atoms with Gasteiger partial charge in [0.1, 0.15) is 11.3 Å². The molecule has 0 aliphatic carbocycles. The number of methoxy groups -OCH3 is 1. The normalized spacial score (nSPS) is 10.4. The highest BCUT2D eigenvalue weighted by Gasteiger charge is 2.15. The molecule has 2 rings (SSSR count). The summed E-state index contributed by atoms with van der Waals surface area (Å²) in [6.45, 7) is 5.71. The van der Waals surface area contributed by atoms with Crippen molar-refractivity contribution in [1.82, 2.24) is 0 Å². The van der Waals surface area contributed by atoms with Crippen LogP contribution in [0, 0.1) is 6.92 Å². The van der Waals surface area contributed by atoms with E-state index in [9.17, 15) is 9.59 Å². The van der Waals surface area contributed by atoms with Gasteiger partial charge in [0.15, 0.2) is 6.61 Å². The molecule has 0 saturated carbocycles. The summed E-state index contributed by atoms with van der Waals surface area (Å²) < 4.78 is 10.2. The third-order valence-corrected chi connectivity index (χ3v) is 3.77. The van der Waals surface area contributed by atoms with Crippen molar-refractivity contribution in [2.24, 2.45) is 0 Å². The van der Waals surface area contributed by atoms with Crippen LogP contribution in [0.3, 0.4) is 0 Å². The van der Waals surface area contributed by atoms with E-state index in [1.54, 1.807) is 12.1 Å². The summed E-state index contributed by atoms with van der Waals surface area (Å²) >= 11 is 0. The first-order valence-corrected chi connectivity index (χ1v) is 8.12. The predicted molar refractivity (Wildman–Crippen MR) is 97.2 cm³/mol. The van der Waals surface area contributed by atoms with Gasteiger partial charge in [-0.05, 0) is 42.7 Å². The van der Waals surface area contributed by atoms with E-state index in [1.165, 1.54) is 12.7 Å². The van der Waals surface area contributed by atoms with Crippen molar-refractivity contribution < 1.29 is 19.1 Å². The van der Waals surface area contributed by atoms with Crippen LogP contribution in [0.15, 0.2) is 42.5 Å². The van der Waals surface area contributed by atoms with E-state index in [0.717, 1.165) is 5.56 Å². The van der Waals surface area contributed by atoms with Crippen molar-refractivity contribution >= 4 is 17.6 Å². The molecule has 0 aliphatic rings. The van der Waals surface area contributed by atoms with Crippen molar-refractivity contribution in [3.8, 4) is 5.75 Å². The second-order valence-electron chi connectivity index (χ2n) is 6.10. The van der Waals surface area contributed by atoms with Gasteiger partial charge in [-0.3, -0.25) is 4.79 Å². The lowest BCUT2D eigenvalue weighted by atomic mass is 10.0. The van der Waals surface area contributed by atoms with Gasteiger partial charge in [-0.15, -0.1) is 0 Å². The summed E-state index contributed by atoms with van der Waals surface area (Å²) in [5.74, 6) is -0.140. The Bertz CT molecular complexity index is 751. The molecule has 1 N–H and O–H groups in total. The van der Waals surface area contributed by atoms with Crippen LogP contribution in [-0.2, 0) is 9.53 Å². The fourth-order valence-corrected chi connectivity index (χ4v) is 2.34. The number of nitrogens with one attached hydrogen (secondary N) is 1. The average Bonchev–Trinajstić information content (AvgIpc) is 2.60. The highest BCUT2D eigenvalue weighted by Crippen LogP contribution is 2.21. The van der Waals surface area contributed by atoms with E-state index in [2.05, 4.69) is 19.2 Å². The first-order chi connectivity index (χ1) is 11.9. The Morgan fingerprint density at radius 3 is 2.36 bits per heavy atom. The van der Waals surface area contributed by atoms with E-state index in [4.69, 9.17) is 9.47 Å². The van der Waals surface area contributed by atoms with Crippen LogP contribution in [-0.4, -0.2) is 25.6 Å². The van der Waals surface area contributed by atoms with E-state index in [1.807, 2.05) is 37.3 Å². The maximum absolute atomic E-state index is 12.2. The molecule has 1 amide bonds. The summed E-state index contributed by atoms with van der Waals surface area (Å²) in [6, 6.07) is 12.8. The molecule has 2 aromatic rings. The van der Waals surface area contributed by atoms with E-state index < -0.39 is 11.9 Å². The number of carbonyl (C=O) groups excluding carboxylic acids is 2. The molecule has 0 bridgehead atoms. The minimum absolute atomic E-state index is 0.302. The molecule has 25 heavy (non-hydrogen) atoms. The van der Waals surface area contributed by atoms with Crippen molar-refractivity contribution in [3.63, 3.8) is 0 Å². The number of amides is 1. The first kappa shape index (κ1) is 18.5. The summed E-state index contributed by atoms with van der Waals surface area (Å²) in [5, 5.41) is 2.71. The van der Waals surface area contributed by atoms with Gasteiger partial charge in [-0.2, -0.15) is 0 Å². The monoisotopic (exact) mass is 341 g/mol. The predicted octanol–water partition coefficient (Wildman–Crippen LogP) is 3.92. The molecule has 0 aliphatic heterocycles. The summed E-state index contributed by atoms with van der Waals surface area (Å²) in [7, 11) is 1.48. The van der Waals surface area contributed by atoms with E-state index >= 15 is 0 Å². The average molecular weight is 341 g/mol. The fourth-order valence-electron chi connectivity index (χ4n) is 2.34. The van der Waals surface area contributed by atoms with Crippen molar-refractivity contribution in [2.45, 2.75) is 26.7 Å². The number of ether oxygens (including phenoxy) is 2. The molecular formula is C20H23NO4. The van der Waals surface area contributed by atoms with Gasteiger partial charge in [0.05, 0.1) is 7.11 Å². The van der Waals surface area contributed by atoms with Crippen molar-refractivity contribution in [3.05, 3.63) is 59.2 Å². The summed E-state index contributed by atoms with van der Waals surface area (Å²) in [5.41, 5.74) is 3.06. The Kier molecular flexibility index (Phi) is 6.17. The number of esters is 1. The maximum Gasteiger partial charge on any atom is 0.342 e. The third kappa shape index (κ3) is 5.08. The van der Waals surface area contributed by atoms with Gasteiger partial charge < -0.3 is 14.8 Å². The largest absolute Gasteiger partial charge is 0.496 e. The topological polar surface area (TPSA) is 64.6 Å². The lowest BCUT2D eigenvalue weighted by Gasteiger charge is -2.10. The molecule has 0 saturated heterocycles. The zero-order chi connectivity index (χ0) is 18.4. The minimum Gasteiger partial charge on any atom is -0.496 e. The summed E-state index contributed by atoms with van der Waals surface area (Å²) in [4.78, 5) is 24.1. The SMILES string of the molecule is COc1ccc(C)cc1C(=O)OCC(=O)Nc1ccc(C(C)C)cc1. The Labute approximate surface area is 148 Å².